The highest BCUT2D eigenvalue weighted by Crippen LogP contribution is 2.41. The first-order valence-electron chi connectivity index (χ1n) is 14.9. The lowest BCUT2D eigenvalue weighted by molar-refractivity contribution is -0.139. The summed E-state index contributed by atoms with van der Waals surface area (Å²) in [5, 5.41) is 0. The molecule has 3 aliphatic heterocycles. The fraction of sp³-hybridized carbons (Fsp3) is 0.576. The number of nitrogens with zero attached hydrogens (tertiary/aromatic N) is 3. The zero-order valence-corrected chi connectivity index (χ0v) is 24.9. The molecule has 0 saturated carbocycles. The zero-order chi connectivity index (χ0) is 29.7. The number of benzene rings is 2. The van der Waals surface area contributed by atoms with Gasteiger partial charge in [0.2, 0.25) is 11.8 Å². The van der Waals surface area contributed by atoms with Crippen LogP contribution in [0.4, 0.5) is 13.2 Å². The molecule has 0 spiro atoms. The summed E-state index contributed by atoms with van der Waals surface area (Å²) < 4.78 is 43.0. The molecule has 2 aromatic carbocycles. The second kappa shape index (κ2) is 11.1. The van der Waals surface area contributed by atoms with Gasteiger partial charge in [-0.2, -0.15) is 0 Å². The third-order valence-corrected chi connectivity index (χ3v) is 9.56. The van der Waals surface area contributed by atoms with Crippen LogP contribution in [-0.4, -0.2) is 71.3 Å². The molecule has 8 heteroatoms. The fourth-order valence-corrected chi connectivity index (χ4v) is 6.82. The van der Waals surface area contributed by atoms with Crippen LogP contribution < -0.4 is 0 Å². The van der Waals surface area contributed by atoms with Crippen molar-refractivity contribution in [2.45, 2.75) is 76.7 Å². The predicted molar refractivity (Wildman–Crippen MR) is 153 cm³/mol. The Balaban J connectivity index is 1.34. The molecule has 2 atom stereocenters. The van der Waals surface area contributed by atoms with Crippen LogP contribution in [-0.2, 0) is 15.0 Å². The van der Waals surface area contributed by atoms with Crippen molar-refractivity contribution in [3.8, 4) is 0 Å². The lowest BCUT2D eigenvalue weighted by Gasteiger charge is -2.40. The van der Waals surface area contributed by atoms with Gasteiger partial charge in [-0.05, 0) is 94.7 Å². The van der Waals surface area contributed by atoms with Crippen molar-refractivity contribution in [2.75, 3.05) is 39.3 Å². The smallest absolute Gasteiger partial charge is 0.232 e. The molecule has 0 N–H and O–H groups in total. The van der Waals surface area contributed by atoms with Gasteiger partial charge in [-0.1, -0.05) is 12.1 Å². The fourth-order valence-electron chi connectivity index (χ4n) is 6.82. The highest BCUT2D eigenvalue weighted by atomic mass is 19.1. The number of hydrogen-bond acceptors (Lipinski definition) is 3. The minimum absolute atomic E-state index is 0.00320. The summed E-state index contributed by atoms with van der Waals surface area (Å²) in [4.78, 5) is 33.1. The summed E-state index contributed by atoms with van der Waals surface area (Å²) in [7, 11) is 0. The first-order chi connectivity index (χ1) is 19.3. The van der Waals surface area contributed by atoms with E-state index in [0.717, 1.165) is 36.7 Å². The molecule has 0 bridgehead atoms. The molecule has 222 valence electrons. The van der Waals surface area contributed by atoms with Crippen molar-refractivity contribution in [1.82, 2.24) is 14.7 Å². The number of rotatable bonds is 5. The van der Waals surface area contributed by atoms with E-state index in [1.165, 1.54) is 24.3 Å². The summed E-state index contributed by atoms with van der Waals surface area (Å²) in [6, 6.07) is 8.42. The molecule has 41 heavy (non-hydrogen) atoms. The molecular weight excluding hydrogens is 527 g/mol. The van der Waals surface area contributed by atoms with Crippen molar-refractivity contribution in [3.63, 3.8) is 0 Å². The van der Waals surface area contributed by atoms with Crippen molar-refractivity contribution in [1.29, 1.82) is 0 Å². The van der Waals surface area contributed by atoms with E-state index in [9.17, 15) is 22.8 Å². The Morgan fingerprint density at radius 3 is 1.95 bits per heavy atom. The Morgan fingerprint density at radius 2 is 1.39 bits per heavy atom. The number of amides is 2. The van der Waals surface area contributed by atoms with Gasteiger partial charge in [0.1, 0.15) is 17.5 Å². The average molecular weight is 570 g/mol. The maximum Gasteiger partial charge on any atom is 0.232 e. The lowest BCUT2D eigenvalue weighted by atomic mass is 9.75. The first-order valence-corrected chi connectivity index (χ1v) is 14.9. The normalized spacial score (nSPS) is 22.6. The first kappa shape index (κ1) is 29.6. The number of hydrogen-bond donors (Lipinski definition) is 0. The molecule has 0 aliphatic carbocycles. The van der Waals surface area contributed by atoms with Crippen LogP contribution in [0.15, 0.2) is 36.4 Å². The molecule has 3 aliphatic rings. The third-order valence-electron chi connectivity index (χ3n) is 9.56. The molecule has 3 saturated heterocycles. The summed E-state index contributed by atoms with van der Waals surface area (Å²) in [6.45, 7) is 13.6. The summed E-state index contributed by atoms with van der Waals surface area (Å²) in [5.41, 5.74) is 1.04. The van der Waals surface area contributed by atoms with Crippen LogP contribution in [0.1, 0.15) is 82.4 Å². The van der Waals surface area contributed by atoms with Gasteiger partial charge in [-0.3, -0.25) is 14.5 Å². The van der Waals surface area contributed by atoms with Gasteiger partial charge in [0.15, 0.2) is 0 Å². The van der Waals surface area contributed by atoms with E-state index in [-0.39, 0.29) is 35.0 Å². The van der Waals surface area contributed by atoms with Gasteiger partial charge >= 0.3 is 0 Å². The molecule has 2 amide bonds. The highest BCUT2D eigenvalue weighted by Gasteiger charge is 2.45. The summed E-state index contributed by atoms with van der Waals surface area (Å²) >= 11 is 0. The van der Waals surface area contributed by atoms with E-state index < -0.39 is 23.0 Å². The summed E-state index contributed by atoms with van der Waals surface area (Å²) in [5.74, 6) is -2.28. The van der Waals surface area contributed by atoms with Crippen LogP contribution in [0.5, 0.6) is 0 Å². The van der Waals surface area contributed by atoms with Crippen LogP contribution in [0, 0.1) is 23.4 Å². The molecule has 1 unspecified atom stereocenters. The van der Waals surface area contributed by atoms with Gasteiger partial charge in [-0.15, -0.1) is 0 Å². The predicted octanol–water partition coefficient (Wildman–Crippen LogP) is 5.83. The van der Waals surface area contributed by atoms with Crippen LogP contribution in [0.25, 0.3) is 0 Å². The Morgan fingerprint density at radius 1 is 0.780 bits per heavy atom. The summed E-state index contributed by atoms with van der Waals surface area (Å²) in [6.07, 6.45) is 2.39. The Bertz CT molecular complexity index is 1310. The standard InChI is InChI=1S/C33H42F3N3O2/c1-32(2,3)39-19-26(25-10-8-23(35)18-29(25)36)27(20-39)30(40)37-15-11-21(12-16-37)24-9-7-22(34)17-28(24)33(4,5)31(41)38-13-6-14-38/h7-10,17-18,21,26-27H,6,11-16,19-20H2,1-5H3/t26-,27?/m0/s1. The minimum Gasteiger partial charge on any atom is -0.342 e. The largest absolute Gasteiger partial charge is 0.342 e. The second-order valence-corrected chi connectivity index (χ2v) is 13.6. The van der Waals surface area contributed by atoms with Gasteiger partial charge < -0.3 is 9.80 Å². The number of halogens is 3. The Hall–Kier alpha value is -2.87. The van der Waals surface area contributed by atoms with Crippen LogP contribution in [0.2, 0.25) is 0 Å². The molecule has 5 nitrogen and oxygen atoms in total. The van der Waals surface area contributed by atoms with Gasteiger partial charge in [0.05, 0.1) is 11.3 Å². The molecular formula is C33H42F3N3O2. The maximum atomic E-state index is 14.9. The van der Waals surface area contributed by atoms with Gasteiger partial charge in [-0.25, -0.2) is 13.2 Å². The van der Waals surface area contributed by atoms with E-state index in [1.54, 1.807) is 0 Å². The minimum atomic E-state index is -0.850. The van der Waals surface area contributed by atoms with E-state index in [2.05, 4.69) is 25.7 Å². The van der Waals surface area contributed by atoms with E-state index in [1.807, 2.05) is 29.7 Å². The SMILES string of the molecule is CC(C)(C(=O)N1CCC1)c1cc(F)ccc1C1CCN(C(=O)C2CN(C(C)(C)C)C[C@H]2c2ccc(F)cc2F)CC1. The van der Waals surface area contributed by atoms with E-state index in [4.69, 9.17) is 0 Å². The molecule has 0 aromatic heterocycles. The second-order valence-electron chi connectivity index (χ2n) is 13.6. The van der Waals surface area contributed by atoms with Gasteiger partial charge in [0, 0.05) is 56.8 Å². The zero-order valence-electron chi connectivity index (χ0n) is 24.9. The number of carbonyl (C=O) groups excluding carboxylic acids is 2. The van der Waals surface area contributed by atoms with Crippen molar-refractivity contribution in [3.05, 3.63) is 70.5 Å². The topological polar surface area (TPSA) is 43.9 Å². The van der Waals surface area contributed by atoms with Crippen LogP contribution in [0.3, 0.4) is 0 Å². The lowest BCUT2D eigenvalue weighted by Crippen LogP contribution is -2.50. The monoisotopic (exact) mass is 569 g/mol. The molecule has 3 fully saturated rings. The Labute approximate surface area is 241 Å². The maximum absolute atomic E-state index is 14.9. The van der Waals surface area contributed by atoms with Crippen molar-refractivity contribution < 1.29 is 22.8 Å². The molecule has 2 aromatic rings. The van der Waals surface area contributed by atoms with Crippen LogP contribution >= 0.6 is 0 Å². The van der Waals surface area contributed by atoms with Crippen molar-refractivity contribution >= 4 is 11.8 Å². The molecule has 5 rings (SSSR count). The van der Waals surface area contributed by atoms with E-state index >= 15 is 0 Å². The molecule has 0 radical (unpaired) electrons. The average Bonchev–Trinajstić information content (AvgIpc) is 3.33. The third kappa shape index (κ3) is 5.77. The number of likely N-dealkylation sites (tertiary alicyclic amines) is 3. The number of carbonyl (C=O) groups is 2. The Kier molecular flexibility index (Phi) is 8.01. The van der Waals surface area contributed by atoms with Gasteiger partial charge in [0.25, 0.3) is 0 Å². The highest BCUT2D eigenvalue weighted by molar-refractivity contribution is 5.88. The van der Waals surface area contributed by atoms with Crippen molar-refractivity contribution in [2.24, 2.45) is 5.92 Å². The molecule has 3 heterocycles. The number of piperidine rings is 1. The quantitative estimate of drug-likeness (QED) is 0.455. The van der Waals surface area contributed by atoms with E-state index in [0.29, 0.717) is 44.6 Å².